The van der Waals surface area contributed by atoms with E-state index in [1.165, 1.54) is 42.4 Å². The van der Waals surface area contributed by atoms with Crippen molar-refractivity contribution in [2.45, 2.75) is 71.1 Å². The topological polar surface area (TPSA) is 26.3 Å². The smallest absolute Gasteiger partial charge is 0.309 e. The van der Waals surface area contributed by atoms with Gasteiger partial charge in [-0.25, -0.2) is 0 Å². The monoisotopic (exact) mass is 392 g/mol. The number of carbonyl (C=O) groups excluding carboxylic acids is 1. The van der Waals surface area contributed by atoms with Crippen molar-refractivity contribution < 1.29 is 9.53 Å². The Morgan fingerprint density at radius 3 is 2.14 bits per heavy atom. The van der Waals surface area contributed by atoms with Crippen LogP contribution in [0.3, 0.4) is 0 Å². The van der Waals surface area contributed by atoms with Crippen molar-refractivity contribution in [1.82, 2.24) is 0 Å². The van der Waals surface area contributed by atoms with E-state index >= 15 is 0 Å². The second-order valence-corrected chi connectivity index (χ2v) is 8.58. The van der Waals surface area contributed by atoms with Crippen LogP contribution in [0.25, 0.3) is 11.1 Å². The lowest BCUT2D eigenvalue weighted by Crippen LogP contribution is -2.36. The molecule has 2 nitrogen and oxygen atoms in total. The predicted molar refractivity (Wildman–Crippen MR) is 121 cm³/mol. The molecule has 2 aromatic rings. The SMILES string of the molecule is CCCC1(c2ccc(-c3ccccc3)cc2)CCC(C(CC)C(=O)OCC)CC1. The normalized spacial score (nSPS) is 22.8. The second kappa shape index (κ2) is 10.1. The van der Waals surface area contributed by atoms with Crippen molar-refractivity contribution in [2.24, 2.45) is 11.8 Å². The quantitative estimate of drug-likeness (QED) is 0.445. The molecule has 1 saturated carbocycles. The molecule has 0 bridgehead atoms. The molecule has 0 N–H and O–H groups in total. The molecule has 1 aliphatic carbocycles. The van der Waals surface area contributed by atoms with Crippen LogP contribution in [0.1, 0.15) is 71.3 Å². The van der Waals surface area contributed by atoms with E-state index in [1.54, 1.807) is 0 Å². The van der Waals surface area contributed by atoms with Gasteiger partial charge in [0.1, 0.15) is 0 Å². The molecule has 29 heavy (non-hydrogen) atoms. The van der Waals surface area contributed by atoms with Crippen LogP contribution in [-0.4, -0.2) is 12.6 Å². The summed E-state index contributed by atoms with van der Waals surface area (Å²) in [5, 5.41) is 0. The molecular formula is C27H36O2. The van der Waals surface area contributed by atoms with E-state index in [-0.39, 0.29) is 17.3 Å². The van der Waals surface area contributed by atoms with Crippen LogP contribution < -0.4 is 0 Å². The molecule has 0 aliphatic heterocycles. The Labute approximate surface area is 176 Å². The fourth-order valence-electron chi connectivity index (χ4n) is 5.35. The van der Waals surface area contributed by atoms with Crippen LogP contribution in [0, 0.1) is 11.8 Å². The lowest BCUT2D eigenvalue weighted by Gasteiger charge is -2.42. The van der Waals surface area contributed by atoms with Gasteiger partial charge < -0.3 is 4.74 Å². The third-order valence-electron chi connectivity index (χ3n) is 6.92. The fraction of sp³-hybridized carbons (Fsp3) is 0.519. The van der Waals surface area contributed by atoms with E-state index in [9.17, 15) is 4.79 Å². The molecule has 1 fully saturated rings. The molecule has 1 atom stereocenters. The average Bonchev–Trinajstić information content (AvgIpc) is 2.77. The first-order chi connectivity index (χ1) is 14.1. The molecule has 0 amide bonds. The van der Waals surface area contributed by atoms with Crippen molar-refractivity contribution in [2.75, 3.05) is 6.61 Å². The largest absolute Gasteiger partial charge is 0.466 e. The lowest BCUT2D eigenvalue weighted by molar-refractivity contribution is -0.150. The maximum Gasteiger partial charge on any atom is 0.309 e. The first-order valence-corrected chi connectivity index (χ1v) is 11.5. The minimum atomic E-state index is 0.00945. The highest BCUT2D eigenvalue weighted by molar-refractivity contribution is 5.72. The van der Waals surface area contributed by atoms with Gasteiger partial charge >= 0.3 is 5.97 Å². The summed E-state index contributed by atoms with van der Waals surface area (Å²) >= 11 is 0. The molecule has 2 aromatic carbocycles. The second-order valence-electron chi connectivity index (χ2n) is 8.58. The highest BCUT2D eigenvalue weighted by Crippen LogP contribution is 2.47. The molecule has 3 rings (SSSR count). The van der Waals surface area contributed by atoms with E-state index in [0.717, 1.165) is 19.3 Å². The molecule has 0 saturated heterocycles. The van der Waals surface area contributed by atoms with Gasteiger partial charge in [-0.3, -0.25) is 4.79 Å². The van der Waals surface area contributed by atoms with Crippen molar-refractivity contribution in [3.63, 3.8) is 0 Å². The van der Waals surface area contributed by atoms with E-state index in [1.807, 2.05) is 6.92 Å². The van der Waals surface area contributed by atoms with Gasteiger partial charge in [0.25, 0.3) is 0 Å². The Morgan fingerprint density at radius 2 is 1.59 bits per heavy atom. The van der Waals surface area contributed by atoms with Crippen LogP contribution in [0.4, 0.5) is 0 Å². The molecule has 0 heterocycles. The number of benzene rings is 2. The highest BCUT2D eigenvalue weighted by Gasteiger charge is 2.39. The average molecular weight is 393 g/mol. The molecular weight excluding hydrogens is 356 g/mol. The predicted octanol–water partition coefficient (Wildman–Crippen LogP) is 7.17. The van der Waals surface area contributed by atoms with E-state index < -0.39 is 0 Å². The Balaban J connectivity index is 1.75. The van der Waals surface area contributed by atoms with Gasteiger partial charge in [-0.1, -0.05) is 74.9 Å². The first kappa shape index (κ1) is 21.6. The minimum absolute atomic E-state index is 0.00945. The summed E-state index contributed by atoms with van der Waals surface area (Å²) in [4.78, 5) is 12.4. The van der Waals surface area contributed by atoms with Crippen molar-refractivity contribution in [1.29, 1.82) is 0 Å². The van der Waals surface area contributed by atoms with Gasteiger partial charge in [-0.05, 0) is 73.5 Å². The van der Waals surface area contributed by atoms with Crippen LogP contribution in [0.15, 0.2) is 54.6 Å². The molecule has 0 aromatic heterocycles. The summed E-state index contributed by atoms with van der Waals surface area (Å²) in [6.07, 6.45) is 7.89. The lowest BCUT2D eigenvalue weighted by atomic mass is 9.62. The summed E-state index contributed by atoms with van der Waals surface area (Å²) < 4.78 is 5.35. The van der Waals surface area contributed by atoms with Gasteiger partial charge in [-0.2, -0.15) is 0 Å². The van der Waals surface area contributed by atoms with Gasteiger partial charge in [-0.15, -0.1) is 0 Å². The summed E-state index contributed by atoms with van der Waals surface area (Å²) in [7, 11) is 0. The molecule has 1 aliphatic rings. The Hall–Kier alpha value is -2.09. The van der Waals surface area contributed by atoms with Crippen molar-refractivity contribution >= 4 is 5.97 Å². The Kier molecular flexibility index (Phi) is 7.52. The zero-order chi connectivity index (χ0) is 20.7. The third-order valence-corrected chi connectivity index (χ3v) is 6.92. The van der Waals surface area contributed by atoms with Crippen LogP contribution in [0.2, 0.25) is 0 Å². The highest BCUT2D eigenvalue weighted by atomic mass is 16.5. The maximum absolute atomic E-state index is 12.4. The van der Waals surface area contributed by atoms with Crippen molar-refractivity contribution in [3.8, 4) is 11.1 Å². The standard InChI is InChI=1S/C27H36O2/c1-4-18-27(19-16-23(17-20-27)25(5-2)26(28)29-6-3)24-14-12-22(13-15-24)21-10-8-7-9-11-21/h7-15,23,25H,4-6,16-20H2,1-3H3. The third kappa shape index (κ3) is 4.91. The Bertz CT molecular complexity index is 755. The van der Waals surface area contributed by atoms with Gasteiger partial charge in [0.05, 0.1) is 12.5 Å². The van der Waals surface area contributed by atoms with Gasteiger partial charge in [0.15, 0.2) is 0 Å². The number of hydrogen-bond donors (Lipinski definition) is 0. The van der Waals surface area contributed by atoms with E-state index in [4.69, 9.17) is 4.74 Å². The maximum atomic E-state index is 12.4. The van der Waals surface area contributed by atoms with Crippen LogP contribution >= 0.6 is 0 Å². The first-order valence-electron chi connectivity index (χ1n) is 11.5. The number of rotatable bonds is 8. The van der Waals surface area contributed by atoms with E-state index in [2.05, 4.69) is 68.4 Å². The number of hydrogen-bond acceptors (Lipinski definition) is 2. The Morgan fingerprint density at radius 1 is 0.966 bits per heavy atom. The zero-order valence-electron chi connectivity index (χ0n) is 18.3. The molecule has 0 spiro atoms. The number of carbonyl (C=O) groups is 1. The molecule has 1 unspecified atom stereocenters. The van der Waals surface area contributed by atoms with Crippen molar-refractivity contribution in [3.05, 3.63) is 60.2 Å². The van der Waals surface area contributed by atoms with Gasteiger partial charge in [0.2, 0.25) is 0 Å². The van der Waals surface area contributed by atoms with Gasteiger partial charge in [0, 0.05) is 0 Å². The minimum Gasteiger partial charge on any atom is -0.466 e. The number of ether oxygens (including phenoxy) is 1. The van der Waals surface area contributed by atoms with Crippen LogP contribution in [0.5, 0.6) is 0 Å². The fourth-order valence-corrected chi connectivity index (χ4v) is 5.35. The summed E-state index contributed by atoms with van der Waals surface area (Å²) in [5.74, 6) is 0.540. The zero-order valence-corrected chi connectivity index (χ0v) is 18.3. The molecule has 0 radical (unpaired) electrons. The number of esters is 1. The summed E-state index contributed by atoms with van der Waals surface area (Å²) in [6.45, 7) is 6.80. The van der Waals surface area contributed by atoms with E-state index in [0.29, 0.717) is 12.5 Å². The molecule has 156 valence electrons. The summed E-state index contributed by atoms with van der Waals surface area (Å²) in [6, 6.07) is 19.8. The summed E-state index contributed by atoms with van der Waals surface area (Å²) in [5.41, 5.74) is 4.28. The van der Waals surface area contributed by atoms with Crippen LogP contribution in [-0.2, 0) is 14.9 Å². The molecule has 2 heteroatoms.